The van der Waals surface area contributed by atoms with E-state index in [0.717, 1.165) is 36.9 Å². The maximum Gasteiger partial charge on any atom is 0.259 e. The number of amides is 1. The molecule has 23 heavy (non-hydrogen) atoms. The van der Waals surface area contributed by atoms with E-state index in [2.05, 4.69) is 4.98 Å². The van der Waals surface area contributed by atoms with Crippen LogP contribution in [-0.4, -0.2) is 16.5 Å². The van der Waals surface area contributed by atoms with Crippen molar-refractivity contribution in [2.45, 2.75) is 43.3 Å². The fourth-order valence-corrected chi connectivity index (χ4v) is 4.84. The molecule has 0 radical (unpaired) electrons. The number of carbonyl (C=O) groups is 1. The lowest BCUT2D eigenvalue weighted by atomic mass is 9.80. The van der Waals surface area contributed by atoms with Crippen LogP contribution >= 0.6 is 22.9 Å². The molecule has 0 bridgehead atoms. The van der Waals surface area contributed by atoms with Crippen molar-refractivity contribution in [2.75, 3.05) is 0 Å². The first-order valence-corrected chi connectivity index (χ1v) is 9.05. The Hall–Kier alpha value is -1.43. The number of ether oxygens (including phenoxy) is 1. The van der Waals surface area contributed by atoms with E-state index in [1.54, 1.807) is 0 Å². The molecule has 2 aromatic rings. The Morgan fingerprint density at radius 1 is 1.22 bits per heavy atom. The third-order valence-electron chi connectivity index (χ3n) is 4.90. The number of nitrogens with two attached hydrogens (primary N) is 1. The van der Waals surface area contributed by atoms with Crippen molar-refractivity contribution in [3.63, 3.8) is 0 Å². The van der Waals surface area contributed by atoms with Crippen LogP contribution in [0.1, 0.15) is 37.1 Å². The Bertz CT molecular complexity index is 752. The lowest BCUT2D eigenvalue weighted by Crippen LogP contribution is -2.38. The molecule has 1 aromatic heterocycles. The zero-order valence-electron chi connectivity index (χ0n) is 12.5. The third-order valence-corrected chi connectivity index (χ3v) is 6.10. The molecule has 6 heteroatoms. The van der Waals surface area contributed by atoms with Crippen LogP contribution in [0.5, 0.6) is 0 Å². The predicted molar refractivity (Wildman–Crippen MR) is 90.3 cm³/mol. The van der Waals surface area contributed by atoms with E-state index in [9.17, 15) is 4.79 Å². The van der Waals surface area contributed by atoms with Crippen molar-refractivity contribution >= 4 is 28.8 Å². The van der Waals surface area contributed by atoms with Crippen molar-refractivity contribution in [1.82, 2.24) is 4.98 Å². The topological polar surface area (TPSA) is 68.5 Å². The summed E-state index contributed by atoms with van der Waals surface area (Å²) in [4.78, 5) is 16.9. The van der Waals surface area contributed by atoms with Crippen molar-refractivity contribution in [2.24, 2.45) is 5.73 Å². The summed E-state index contributed by atoms with van der Waals surface area (Å²) in [5, 5.41) is 3.31. The summed E-state index contributed by atoms with van der Waals surface area (Å²) < 4.78 is 6.00. The molecule has 2 N–H and O–H groups in total. The van der Waals surface area contributed by atoms with Gasteiger partial charge in [0.15, 0.2) is 0 Å². The van der Waals surface area contributed by atoms with Crippen molar-refractivity contribution < 1.29 is 9.53 Å². The lowest BCUT2D eigenvalue weighted by Gasteiger charge is -2.20. The van der Waals surface area contributed by atoms with Crippen LogP contribution in [0, 0.1) is 0 Å². The first-order valence-electron chi connectivity index (χ1n) is 7.79. The molecular formula is C17H17ClN2O2S. The number of halogens is 1. The summed E-state index contributed by atoms with van der Waals surface area (Å²) in [6.45, 7) is 0. The Balaban J connectivity index is 1.70. The quantitative estimate of drug-likeness (QED) is 0.856. The Labute approximate surface area is 143 Å². The van der Waals surface area contributed by atoms with Crippen molar-refractivity contribution in [3.8, 4) is 11.3 Å². The number of carbonyl (C=O) groups excluding carboxylic acids is 1. The molecule has 1 spiro atoms. The first-order chi connectivity index (χ1) is 11.1. The van der Waals surface area contributed by atoms with Crippen molar-refractivity contribution in [1.29, 1.82) is 0 Å². The van der Waals surface area contributed by atoms with Crippen LogP contribution in [-0.2, 0) is 15.1 Å². The molecule has 2 fully saturated rings. The zero-order chi connectivity index (χ0) is 16.1. The summed E-state index contributed by atoms with van der Waals surface area (Å²) in [6.07, 6.45) is 5.10. The maximum atomic E-state index is 12.2. The van der Waals surface area contributed by atoms with Crippen LogP contribution < -0.4 is 5.73 Å². The molecule has 1 unspecified atom stereocenters. The summed E-state index contributed by atoms with van der Waals surface area (Å²) in [6, 6.07) is 7.50. The van der Waals surface area contributed by atoms with E-state index < -0.39 is 17.1 Å². The van der Waals surface area contributed by atoms with Gasteiger partial charge in [0, 0.05) is 16.0 Å². The highest BCUT2D eigenvalue weighted by Gasteiger charge is 2.76. The monoisotopic (exact) mass is 348 g/mol. The fraction of sp³-hybridized carbons (Fsp3) is 0.412. The summed E-state index contributed by atoms with van der Waals surface area (Å²) in [5.74, 6) is -0.420. The van der Waals surface area contributed by atoms with Gasteiger partial charge in [0.05, 0.1) is 5.69 Å². The van der Waals surface area contributed by atoms with E-state index in [1.165, 1.54) is 17.8 Å². The fourth-order valence-electron chi connectivity index (χ4n) is 3.65. The third kappa shape index (κ3) is 2.22. The summed E-state index contributed by atoms with van der Waals surface area (Å²) in [5.41, 5.74) is 6.06. The van der Waals surface area contributed by atoms with Gasteiger partial charge >= 0.3 is 0 Å². The average Bonchev–Trinajstić information content (AvgIpc) is 2.95. The Morgan fingerprint density at radius 3 is 2.57 bits per heavy atom. The van der Waals surface area contributed by atoms with E-state index in [-0.39, 0.29) is 0 Å². The minimum Gasteiger partial charge on any atom is -0.367 e. The lowest BCUT2D eigenvalue weighted by molar-refractivity contribution is -0.123. The number of primary amides is 1. The molecule has 4 nitrogen and oxygen atoms in total. The number of hydrogen-bond donors (Lipinski definition) is 1. The molecule has 1 aliphatic heterocycles. The van der Waals surface area contributed by atoms with Gasteiger partial charge in [0.2, 0.25) is 5.60 Å². The number of hydrogen-bond acceptors (Lipinski definition) is 4. The number of benzene rings is 1. The predicted octanol–water partition coefficient (Wildman–Crippen LogP) is 3.88. The second kappa shape index (κ2) is 5.30. The van der Waals surface area contributed by atoms with E-state index in [1.807, 2.05) is 29.6 Å². The normalized spacial score (nSPS) is 25.4. The summed E-state index contributed by atoms with van der Waals surface area (Å²) in [7, 11) is 0. The van der Waals surface area contributed by atoms with Crippen molar-refractivity contribution in [3.05, 3.63) is 39.7 Å². The number of rotatable bonds is 3. The van der Waals surface area contributed by atoms with Gasteiger partial charge in [-0.3, -0.25) is 4.79 Å². The van der Waals surface area contributed by atoms with E-state index in [4.69, 9.17) is 22.1 Å². The average molecular weight is 349 g/mol. The highest BCUT2D eigenvalue weighted by Crippen LogP contribution is 2.63. The molecule has 1 saturated heterocycles. The SMILES string of the molecule is NC(=O)C1(c2nc(-c3ccc(Cl)cc3)cs2)OC12CCCCC2. The van der Waals surface area contributed by atoms with Crippen LogP contribution in [0.2, 0.25) is 5.02 Å². The highest BCUT2D eigenvalue weighted by molar-refractivity contribution is 7.10. The minimum absolute atomic E-state index is 0.420. The van der Waals surface area contributed by atoms with Gasteiger partial charge in [-0.15, -0.1) is 11.3 Å². The van der Waals surface area contributed by atoms with Gasteiger partial charge in [0.1, 0.15) is 10.6 Å². The molecule has 2 heterocycles. The molecule has 2 aliphatic rings. The molecule has 1 saturated carbocycles. The zero-order valence-corrected chi connectivity index (χ0v) is 14.1. The molecule has 1 aromatic carbocycles. The van der Waals surface area contributed by atoms with Gasteiger partial charge < -0.3 is 10.5 Å². The van der Waals surface area contributed by atoms with Crippen LogP contribution in [0.3, 0.4) is 0 Å². The molecule has 1 aliphatic carbocycles. The van der Waals surface area contributed by atoms with Gasteiger partial charge in [0.25, 0.3) is 5.91 Å². The number of thiazole rings is 1. The highest BCUT2D eigenvalue weighted by atomic mass is 35.5. The summed E-state index contributed by atoms with van der Waals surface area (Å²) >= 11 is 7.37. The molecule has 1 atom stereocenters. The van der Waals surface area contributed by atoms with E-state index >= 15 is 0 Å². The first kappa shape index (κ1) is 15.1. The maximum absolute atomic E-state index is 12.2. The standard InChI is InChI=1S/C17H17ClN2O2S/c18-12-6-4-11(5-7-12)13-10-23-15(20-13)17(14(19)21)16(22-17)8-2-1-3-9-16/h4-7,10H,1-3,8-9H2,(H2,19,21). The number of epoxide rings is 1. The number of aromatic nitrogens is 1. The van der Waals surface area contributed by atoms with Gasteiger partial charge in [-0.2, -0.15) is 0 Å². The largest absolute Gasteiger partial charge is 0.367 e. The Morgan fingerprint density at radius 2 is 1.91 bits per heavy atom. The van der Waals surface area contributed by atoms with Gasteiger partial charge in [-0.1, -0.05) is 43.0 Å². The van der Waals surface area contributed by atoms with Crippen LogP contribution in [0.4, 0.5) is 0 Å². The molecule has 120 valence electrons. The van der Waals surface area contributed by atoms with Gasteiger partial charge in [-0.05, 0) is 25.0 Å². The second-order valence-corrected chi connectivity index (χ2v) is 7.54. The second-order valence-electron chi connectivity index (χ2n) is 6.25. The van der Waals surface area contributed by atoms with Crippen LogP contribution in [0.25, 0.3) is 11.3 Å². The minimum atomic E-state index is -1.03. The molecular weight excluding hydrogens is 332 g/mol. The van der Waals surface area contributed by atoms with Gasteiger partial charge in [-0.25, -0.2) is 4.98 Å². The Kier molecular flexibility index (Phi) is 3.48. The van der Waals surface area contributed by atoms with Crippen LogP contribution in [0.15, 0.2) is 29.6 Å². The van der Waals surface area contributed by atoms with E-state index in [0.29, 0.717) is 10.0 Å². The molecule has 1 amide bonds. The smallest absolute Gasteiger partial charge is 0.259 e. The molecule has 4 rings (SSSR count). The number of nitrogens with zero attached hydrogens (tertiary/aromatic N) is 1.